The van der Waals surface area contributed by atoms with Gasteiger partial charge in [0.1, 0.15) is 49.0 Å². The minimum atomic E-state index is -1.28. The third-order valence-corrected chi connectivity index (χ3v) is 8.02. The van der Waals surface area contributed by atoms with Crippen molar-refractivity contribution >= 4 is 58.7 Å². The van der Waals surface area contributed by atoms with E-state index in [0.29, 0.717) is 13.0 Å². The van der Waals surface area contributed by atoms with Crippen LogP contribution >= 0.6 is 0 Å². The molecule has 5 aliphatic heterocycles. The second-order valence-corrected chi connectivity index (χ2v) is 12.0. The maximum atomic E-state index is 12.7. The number of nitrogens with zero attached hydrogens (tertiary/aromatic N) is 5. The molecule has 6 radical (unpaired) electrons. The average Bonchev–Trinajstić information content (AvgIpc) is 3.89. The highest BCUT2D eigenvalue weighted by molar-refractivity contribution is 6.57. The number of rotatable bonds is 3. The summed E-state index contributed by atoms with van der Waals surface area (Å²) in [4.78, 5) is 66.0. The van der Waals surface area contributed by atoms with E-state index in [1.54, 1.807) is 0 Å². The van der Waals surface area contributed by atoms with Gasteiger partial charge in [0.05, 0.1) is 43.9 Å². The number of halogens is 5. The number of carboxylic acids is 1. The minimum Gasteiger partial charge on any atom is -0.480 e. The molecular weight excluding hydrogens is 702 g/mol. The average molecular weight is 739 g/mol. The van der Waals surface area contributed by atoms with Gasteiger partial charge in [0.15, 0.2) is 17.4 Å². The highest BCUT2D eigenvalue weighted by Crippen LogP contribution is 2.21. The van der Waals surface area contributed by atoms with E-state index in [-0.39, 0.29) is 57.9 Å². The van der Waals surface area contributed by atoms with Crippen molar-refractivity contribution in [3.8, 4) is 12.1 Å². The van der Waals surface area contributed by atoms with Crippen LogP contribution in [0.1, 0.15) is 32.1 Å². The van der Waals surface area contributed by atoms with E-state index in [9.17, 15) is 50.7 Å². The molecule has 0 aliphatic carbocycles. The summed E-state index contributed by atoms with van der Waals surface area (Å²) in [6.45, 7) is 0.203. The predicted octanol–water partition coefficient (Wildman–Crippen LogP) is -1.46. The molecule has 0 aromatic rings. The van der Waals surface area contributed by atoms with Crippen LogP contribution in [0.25, 0.3) is 0 Å². The SMILES string of the molecule is N#C[C@@H]1C[C@H](F)CN1.NC(=O)[C@@H]1C[C@H](F)CN1.[B]C(=O)N1C[C@@H](F)C[C@H]1C#N.[B]C(=O)N1C[C@@H](F)C[C@H]1C(=O)O.[B]C(=O)N1C[C@@H](F)C[C@H]1C(N)=O. The van der Waals surface area contributed by atoms with Crippen molar-refractivity contribution in [2.24, 2.45) is 11.5 Å². The zero-order chi connectivity index (χ0) is 39.9. The molecule has 5 aliphatic rings. The number of amides is 5. The fourth-order valence-corrected chi connectivity index (χ4v) is 5.41. The number of nitriles is 2. The van der Waals surface area contributed by atoms with E-state index >= 15 is 0 Å². The molecule has 10 atom stereocenters. The molecule has 16 nitrogen and oxygen atoms in total. The Hall–Kier alpha value is -4.44. The van der Waals surface area contributed by atoms with Gasteiger partial charge in [-0.2, -0.15) is 10.5 Å². The number of alkyl halides is 5. The van der Waals surface area contributed by atoms with Crippen molar-refractivity contribution < 1.29 is 55.8 Å². The molecule has 24 heteroatoms. The Morgan fingerprint density at radius 3 is 1.33 bits per heavy atom. The molecule has 280 valence electrons. The maximum absolute atomic E-state index is 12.7. The standard InChI is InChI=1S/C6H8BFN2O2.C6H6BFN2O.C6H7BFNO3.C5H9FN2O.C5H7FN2/c7-6(12)10-2-3(8)1-4(10)5(9)11;7-6(11)10-3-4(8)1-5(10)2-9;7-6(12)9-2-3(8)1-4(9)5(10)11;6-3-1-4(5(7)9)8-2-3;6-4-1-5(2-7)8-3-4/h3-4H,1-2H2,(H2,9,11);4-5H,1,3H2;3-4H,1-2H2,(H,10,11);3-4,8H,1-2H2,(H2,7,9);4-5,8H,1,3H2/t3-,4-;4-,5-;2*3-,4-;4-,5-/m00000/s1. The van der Waals surface area contributed by atoms with E-state index in [4.69, 9.17) is 50.6 Å². The normalized spacial score (nSPS) is 31.4. The first kappa shape index (κ1) is 45.6. The largest absolute Gasteiger partial charge is 0.480 e. The number of hydrogen-bond donors (Lipinski definition) is 5. The van der Waals surface area contributed by atoms with Gasteiger partial charge in [0.25, 0.3) is 0 Å². The van der Waals surface area contributed by atoms with E-state index in [1.807, 2.05) is 12.1 Å². The van der Waals surface area contributed by atoms with Crippen molar-refractivity contribution in [2.75, 3.05) is 32.7 Å². The number of primary amides is 2. The highest BCUT2D eigenvalue weighted by Gasteiger charge is 2.38. The quantitative estimate of drug-likeness (QED) is 0.165. The first-order chi connectivity index (χ1) is 24.2. The second kappa shape index (κ2) is 21.8. The Morgan fingerprint density at radius 2 is 1.06 bits per heavy atom. The van der Waals surface area contributed by atoms with E-state index in [0.717, 1.165) is 14.7 Å². The molecule has 5 amide bonds. The monoisotopic (exact) mass is 739 g/mol. The van der Waals surface area contributed by atoms with Gasteiger partial charge in [-0.25, -0.2) is 26.7 Å². The molecule has 0 spiro atoms. The summed E-state index contributed by atoms with van der Waals surface area (Å²) in [5, 5.41) is 30.6. The molecule has 0 aromatic carbocycles. The number of carboxylic acid groups (broad SMARTS) is 1. The molecule has 7 N–H and O–H groups in total. The number of nitrogens with one attached hydrogen (secondary N) is 2. The summed E-state index contributed by atoms with van der Waals surface area (Å²) in [6, 6.07) is 0.409. The lowest BCUT2D eigenvalue weighted by Gasteiger charge is -2.19. The van der Waals surface area contributed by atoms with Gasteiger partial charge < -0.3 is 36.6 Å². The fraction of sp³-hybridized carbons (Fsp3) is 0.714. The molecule has 5 fully saturated rings. The van der Waals surface area contributed by atoms with Crippen molar-refractivity contribution in [3.05, 3.63) is 0 Å². The molecule has 0 bridgehead atoms. The topological polar surface area (TPSA) is 256 Å². The smallest absolute Gasteiger partial charge is 0.326 e. The number of carbonyl (C=O) groups is 6. The minimum absolute atomic E-state index is 0.0434. The summed E-state index contributed by atoms with van der Waals surface area (Å²) in [5.41, 5.74) is 9.82. The Morgan fingerprint density at radius 1 is 0.615 bits per heavy atom. The maximum Gasteiger partial charge on any atom is 0.326 e. The van der Waals surface area contributed by atoms with Gasteiger partial charge >= 0.3 is 5.97 Å². The molecule has 0 saturated carbocycles. The summed E-state index contributed by atoms with van der Waals surface area (Å²) in [6.07, 6.45) is -4.83. The molecule has 52 heavy (non-hydrogen) atoms. The summed E-state index contributed by atoms with van der Waals surface area (Å²) in [7, 11) is 14.6. The molecule has 0 unspecified atom stereocenters. The number of carbonyl (C=O) groups excluding carboxylic acids is 5. The van der Waals surface area contributed by atoms with Crippen LogP contribution in [0.2, 0.25) is 0 Å². The number of hydrogen-bond acceptors (Lipinski definition) is 10. The van der Waals surface area contributed by atoms with Crippen LogP contribution in [0.3, 0.4) is 0 Å². The van der Waals surface area contributed by atoms with Crippen molar-refractivity contribution in [3.63, 3.8) is 0 Å². The lowest BCUT2D eigenvalue weighted by atomic mass is 10.1. The predicted molar refractivity (Wildman–Crippen MR) is 173 cm³/mol. The first-order valence-corrected chi connectivity index (χ1v) is 15.7. The van der Waals surface area contributed by atoms with E-state index < -0.39 is 90.2 Å². The Kier molecular flexibility index (Phi) is 19.1. The fourth-order valence-electron chi connectivity index (χ4n) is 5.41. The van der Waals surface area contributed by atoms with Crippen LogP contribution in [0.4, 0.5) is 36.3 Å². The Labute approximate surface area is 299 Å². The highest BCUT2D eigenvalue weighted by atomic mass is 19.1. The Bertz CT molecular complexity index is 1280. The molecule has 5 heterocycles. The third kappa shape index (κ3) is 15.0. The third-order valence-electron chi connectivity index (χ3n) is 8.02. The number of nitrogens with two attached hydrogens (primary N) is 2. The number of aliphatic carboxylic acids is 1. The van der Waals surface area contributed by atoms with Crippen molar-refractivity contribution in [1.82, 2.24) is 25.3 Å². The lowest BCUT2D eigenvalue weighted by molar-refractivity contribution is -0.141. The molecule has 5 saturated heterocycles. The lowest BCUT2D eigenvalue weighted by Crippen LogP contribution is -2.43. The zero-order valence-corrected chi connectivity index (χ0v) is 27.8. The summed E-state index contributed by atoms with van der Waals surface area (Å²) >= 11 is 0. The van der Waals surface area contributed by atoms with Gasteiger partial charge in [0.2, 0.25) is 35.4 Å². The van der Waals surface area contributed by atoms with Crippen LogP contribution in [0.15, 0.2) is 0 Å². The van der Waals surface area contributed by atoms with E-state index in [1.165, 1.54) is 0 Å². The first-order valence-electron chi connectivity index (χ1n) is 15.7. The van der Waals surface area contributed by atoms with Crippen LogP contribution in [-0.2, 0) is 14.4 Å². The van der Waals surface area contributed by atoms with Gasteiger partial charge in [-0.15, -0.1) is 0 Å². The molecule has 5 rings (SSSR count). The molecular formula is C28H37B3F5N9O7. The van der Waals surface area contributed by atoms with E-state index in [2.05, 4.69) is 10.6 Å². The summed E-state index contributed by atoms with van der Waals surface area (Å²) < 4.78 is 62.3. The van der Waals surface area contributed by atoms with Gasteiger partial charge in [-0.3, -0.25) is 29.3 Å². The van der Waals surface area contributed by atoms with Crippen molar-refractivity contribution in [1.29, 1.82) is 10.5 Å². The summed E-state index contributed by atoms with van der Waals surface area (Å²) in [5.74, 6) is -4.81. The second-order valence-electron chi connectivity index (χ2n) is 12.0. The van der Waals surface area contributed by atoms with Crippen LogP contribution in [-0.4, -0.2) is 172 Å². The van der Waals surface area contributed by atoms with Gasteiger partial charge in [-0.05, 0) is 0 Å². The van der Waals surface area contributed by atoms with Crippen molar-refractivity contribution in [2.45, 2.75) is 93.2 Å². The van der Waals surface area contributed by atoms with Gasteiger partial charge in [0, 0.05) is 45.2 Å². The molecule has 0 aromatic heterocycles. The van der Waals surface area contributed by atoms with Crippen LogP contribution in [0, 0.1) is 22.7 Å². The van der Waals surface area contributed by atoms with Crippen LogP contribution in [0.5, 0.6) is 0 Å². The van der Waals surface area contributed by atoms with Gasteiger partial charge in [-0.1, -0.05) is 0 Å². The zero-order valence-electron chi connectivity index (χ0n) is 27.8. The number of likely N-dealkylation sites (tertiary alicyclic amines) is 3. The Balaban J connectivity index is 0.000000327. The van der Waals surface area contributed by atoms with Crippen LogP contribution < -0.4 is 22.1 Å².